The Labute approximate surface area is 150 Å². The molecule has 0 aliphatic heterocycles. The molecule has 0 radical (unpaired) electrons. The molecular formula is C17H20N6OS. The summed E-state index contributed by atoms with van der Waals surface area (Å²) >= 11 is 1.72. The fourth-order valence-corrected chi connectivity index (χ4v) is 3.52. The largest absolute Gasteiger partial charge is 0.354 e. The van der Waals surface area contributed by atoms with Crippen LogP contribution in [0.4, 0.5) is 0 Å². The highest BCUT2D eigenvalue weighted by Gasteiger charge is 2.23. The molecule has 1 atom stereocenters. The van der Waals surface area contributed by atoms with Gasteiger partial charge in [-0.3, -0.25) is 4.79 Å². The van der Waals surface area contributed by atoms with Crippen LogP contribution in [0, 0.1) is 13.8 Å². The number of aryl methyl sites for hydroxylation is 3. The van der Waals surface area contributed by atoms with E-state index in [0.717, 1.165) is 29.1 Å². The van der Waals surface area contributed by atoms with E-state index in [1.807, 2.05) is 37.3 Å². The fourth-order valence-electron chi connectivity index (χ4n) is 2.54. The van der Waals surface area contributed by atoms with Crippen molar-refractivity contribution in [3.05, 3.63) is 57.8 Å². The molecule has 8 heteroatoms. The molecule has 1 N–H and O–H groups in total. The summed E-state index contributed by atoms with van der Waals surface area (Å²) in [7, 11) is 0. The third kappa shape index (κ3) is 4.27. The van der Waals surface area contributed by atoms with E-state index in [4.69, 9.17) is 0 Å². The molecule has 1 aromatic carbocycles. The molecular weight excluding hydrogens is 336 g/mol. The molecule has 3 rings (SSSR count). The molecule has 0 saturated carbocycles. The van der Waals surface area contributed by atoms with Crippen LogP contribution in [-0.4, -0.2) is 37.6 Å². The number of hydrogen-bond acceptors (Lipinski definition) is 6. The van der Waals surface area contributed by atoms with Gasteiger partial charge in [0, 0.05) is 17.8 Å². The number of aromatic nitrogens is 5. The minimum Gasteiger partial charge on any atom is -0.354 e. The standard InChI is InChI=1S/C17H20N6OS/c1-12-13(2)25-15(20-12)9-6-10-18-17(24)16(23-11-19-21-22-23)14-7-4-3-5-8-14/h3-5,7-8,11,16H,6,9-10H2,1-2H3,(H,18,24). The quantitative estimate of drug-likeness (QED) is 0.655. The van der Waals surface area contributed by atoms with Crippen LogP contribution in [0.15, 0.2) is 36.7 Å². The zero-order valence-electron chi connectivity index (χ0n) is 14.2. The molecule has 0 saturated heterocycles. The fraction of sp³-hybridized carbons (Fsp3) is 0.353. The maximum absolute atomic E-state index is 12.7. The average molecular weight is 356 g/mol. The Hall–Kier alpha value is -2.61. The first kappa shape index (κ1) is 17.2. The molecule has 0 fully saturated rings. The molecule has 0 spiro atoms. The second-order valence-electron chi connectivity index (χ2n) is 5.75. The highest BCUT2D eigenvalue weighted by Crippen LogP contribution is 2.18. The summed E-state index contributed by atoms with van der Waals surface area (Å²) < 4.78 is 1.47. The van der Waals surface area contributed by atoms with Gasteiger partial charge in [-0.05, 0) is 36.3 Å². The van der Waals surface area contributed by atoms with Gasteiger partial charge in [0.05, 0.1) is 10.7 Å². The smallest absolute Gasteiger partial charge is 0.249 e. The summed E-state index contributed by atoms with van der Waals surface area (Å²) in [5, 5.41) is 15.3. The van der Waals surface area contributed by atoms with Crippen LogP contribution in [0.3, 0.4) is 0 Å². The maximum Gasteiger partial charge on any atom is 0.249 e. The monoisotopic (exact) mass is 356 g/mol. The van der Waals surface area contributed by atoms with Gasteiger partial charge in [-0.15, -0.1) is 16.4 Å². The van der Waals surface area contributed by atoms with Gasteiger partial charge in [0.25, 0.3) is 0 Å². The lowest BCUT2D eigenvalue weighted by molar-refractivity contribution is -0.123. The lowest BCUT2D eigenvalue weighted by Crippen LogP contribution is -2.34. The van der Waals surface area contributed by atoms with Gasteiger partial charge in [-0.2, -0.15) is 0 Å². The van der Waals surface area contributed by atoms with Crippen molar-refractivity contribution in [3.63, 3.8) is 0 Å². The third-order valence-electron chi connectivity index (χ3n) is 3.93. The van der Waals surface area contributed by atoms with Crippen LogP contribution >= 0.6 is 11.3 Å². The minimum atomic E-state index is -0.569. The zero-order valence-corrected chi connectivity index (χ0v) is 15.0. The van der Waals surface area contributed by atoms with Crippen molar-refractivity contribution in [2.24, 2.45) is 0 Å². The number of thiazole rings is 1. The van der Waals surface area contributed by atoms with Crippen molar-refractivity contribution >= 4 is 17.2 Å². The normalized spacial score (nSPS) is 12.1. The van der Waals surface area contributed by atoms with Crippen LogP contribution in [0.25, 0.3) is 0 Å². The van der Waals surface area contributed by atoms with Crippen LogP contribution in [0.1, 0.15) is 33.6 Å². The molecule has 3 aromatic rings. The first-order valence-electron chi connectivity index (χ1n) is 8.13. The summed E-state index contributed by atoms with van der Waals surface area (Å²) in [4.78, 5) is 18.4. The second kappa shape index (κ2) is 7.98. The molecule has 2 aromatic heterocycles. The van der Waals surface area contributed by atoms with Crippen LogP contribution in [-0.2, 0) is 11.2 Å². The van der Waals surface area contributed by atoms with Gasteiger partial charge >= 0.3 is 0 Å². The Kier molecular flexibility index (Phi) is 5.49. The molecule has 1 amide bonds. The Bertz CT molecular complexity index is 796. The summed E-state index contributed by atoms with van der Waals surface area (Å²) in [6.45, 7) is 4.69. The maximum atomic E-state index is 12.7. The predicted octanol–water partition coefficient (Wildman–Crippen LogP) is 2.08. The van der Waals surface area contributed by atoms with E-state index in [2.05, 4.69) is 32.7 Å². The summed E-state index contributed by atoms with van der Waals surface area (Å²) in [5.41, 5.74) is 1.94. The summed E-state index contributed by atoms with van der Waals surface area (Å²) in [6.07, 6.45) is 3.16. The Balaban J connectivity index is 1.59. The lowest BCUT2D eigenvalue weighted by Gasteiger charge is -2.16. The number of nitrogens with one attached hydrogen (secondary N) is 1. The number of nitrogens with zero attached hydrogens (tertiary/aromatic N) is 5. The van der Waals surface area contributed by atoms with Crippen LogP contribution < -0.4 is 5.32 Å². The van der Waals surface area contributed by atoms with E-state index in [1.54, 1.807) is 11.3 Å². The van der Waals surface area contributed by atoms with Gasteiger partial charge in [-0.1, -0.05) is 30.3 Å². The van der Waals surface area contributed by atoms with Crippen LogP contribution in [0.5, 0.6) is 0 Å². The summed E-state index contributed by atoms with van der Waals surface area (Å²) in [5.74, 6) is -0.120. The molecule has 25 heavy (non-hydrogen) atoms. The second-order valence-corrected chi connectivity index (χ2v) is 7.03. The number of amides is 1. The Morgan fingerprint density at radius 2 is 2.08 bits per heavy atom. The molecule has 0 bridgehead atoms. The van der Waals surface area contributed by atoms with E-state index < -0.39 is 6.04 Å². The SMILES string of the molecule is Cc1nc(CCCNC(=O)C(c2ccccc2)n2cnnn2)sc1C. The Morgan fingerprint density at radius 3 is 2.72 bits per heavy atom. The van der Waals surface area contributed by atoms with Crippen molar-refractivity contribution in [2.75, 3.05) is 6.54 Å². The number of tetrazole rings is 1. The van der Waals surface area contributed by atoms with Crippen LogP contribution in [0.2, 0.25) is 0 Å². The Morgan fingerprint density at radius 1 is 1.28 bits per heavy atom. The van der Waals surface area contributed by atoms with Crippen molar-refractivity contribution < 1.29 is 4.79 Å². The number of rotatable bonds is 7. The van der Waals surface area contributed by atoms with Crippen molar-refractivity contribution in [1.29, 1.82) is 0 Å². The van der Waals surface area contributed by atoms with E-state index in [1.165, 1.54) is 15.9 Å². The van der Waals surface area contributed by atoms with Gasteiger partial charge in [-0.25, -0.2) is 9.67 Å². The topological polar surface area (TPSA) is 85.6 Å². The van der Waals surface area contributed by atoms with Crippen molar-refractivity contribution in [2.45, 2.75) is 32.7 Å². The third-order valence-corrected chi connectivity index (χ3v) is 5.07. The van der Waals surface area contributed by atoms with E-state index >= 15 is 0 Å². The predicted molar refractivity (Wildman–Crippen MR) is 95.3 cm³/mol. The van der Waals surface area contributed by atoms with Gasteiger partial charge in [0.1, 0.15) is 6.33 Å². The van der Waals surface area contributed by atoms with E-state index in [9.17, 15) is 4.79 Å². The number of carbonyl (C=O) groups is 1. The molecule has 130 valence electrons. The minimum absolute atomic E-state index is 0.120. The van der Waals surface area contributed by atoms with Crippen molar-refractivity contribution in [3.8, 4) is 0 Å². The first-order chi connectivity index (χ1) is 12.1. The molecule has 0 aliphatic rings. The van der Waals surface area contributed by atoms with Crippen molar-refractivity contribution in [1.82, 2.24) is 30.5 Å². The lowest BCUT2D eigenvalue weighted by atomic mass is 10.1. The molecule has 1 unspecified atom stereocenters. The molecule has 7 nitrogen and oxygen atoms in total. The number of benzene rings is 1. The first-order valence-corrected chi connectivity index (χ1v) is 8.95. The molecule has 0 aliphatic carbocycles. The van der Waals surface area contributed by atoms with Gasteiger partial charge in [0.2, 0.25) is 5.91 Å². The molecule has 2 heterocycles. The van der Waals surface area contributed by atoms with Gasteiger partial charge < -0.3 is 5.32 Å². The highest BCUT2D eigenvalue weighted by molar-refractivity contribution is 7.11. The average Bonchev–Trinajstić information content (AvgIpc) is 3.24. The highest BCUT2D eigenvalue weighted by atomic mass is 32.1. The van der Waals surface area contributed by atoms with E-state index in [0.29, 0.717) is 6.54 Å². The summed E-state index contributed by atoms with van der Waals surface area (Å²) in [6, 6.07) is 8.93. The van der Waals surface area contributed by atoms with E-state index in [-0.39, 0.29) is 5.91 Å². The van der Waals surface area contributed by atoms with Gasteiger partial charge in [0.15, 0.2) is 6.04 Å². The zero-order chi connectivity index (χ0) is 17.6. The number of hydrogen-bond donors (Lipinski definition) is 1. The number of carbonyl (C=O) groups excluding carboxylic acids is 1.